The van der Waals surface area contributed by atoms with Crippen LogP contribution in [0.2, 0.25) is 0 Å². The Morgan fingerprint density at radius 2 is 2.00 bits per heavy atom. The molecule has 0 aliphatic rings. The second-order valence-corrected chi connectivity index (χ2v) is 3.83. The Labute approximate surface area is 91.8 Å². The summed E-state index contributed by atoms with van der Waals surface area (Å²) < 4.78 is 0. The van der Waals surface area contributed by atoms with Crippen molar-refractivity contribution in [1.82, 2.24) is 0 Å². The smallest absolute Gasteiger partial charge is 0.0767 e. The van der Waals surface area contributed by atoms with Gasteiger partial charge in [-0.15, -0.1) is 0 Å². The van der Waals surface area contributed by atoms with Crippen molar-refractivity contribution in [3.8, 4) is 0 Å². The summed E-state index contributed by atoms with van der Waals surface area (Å²) in [5, 5.41) is 11.4. The summed E-state index contributed by atoms with van der Waals surface area (Å²) in [5.74, 6) is 0. The Hall–Kier alpha value is -1.28. The van der Waals surface area contributed by atoms with Gasteiger partial charge in [0, 0.05) is 0 Å². The van der Waals surface area contributed by atoms with Crippen molar-refractivity contribution in [2.24, 2.45) is 0 Å². The maximum Gasteiger partial charge on any atom is 0.0767 e. The minimum absolute atomic E-state index is 0.0115. The number of anilines is 1. The van der Waals surface area contributed by atoms with E-state index in [4.69, 9.17) is 0 Å². The van der Waals surface area contributed by atoms with Gasteiger partial charge in [0.15, 0.2) is 0 Å². The molecule has 0 saturated carbocycles. The fraction of sp³-hybridized carbons (Fsp3) is 0.385. The maximum absolute atomic E-state index is 10.1. The maximum atomic E-state index is 10.1. The van der Waals surface area contributed by atoms with Gasteiger partial charge in [-0.05, 0) is 25.5 Å². The van der Waals surface area contributed by atoms with E-state index in [0.717, 1.165) is 24.1 Å². The third-order valence-corrected chi connectivity index (χ3v) is 2.45. The van der Waals surface area contributed by atoms with Gasteiger partial charge in [0.05, 0.1) is 11.7 Å². The van der Waals surface area contributed by atoms with Gasteiger partial charge in [0.1, 0.15) is 0 Å². The second kappa shape index (κ2) is 5.56. The lowest BCUT2D eigenvalue weighted by Gasteiger charge is -2.27. The van der Waals surface area contributed by atoms with Gasteiger partial charge in [-0.25, -0.2) is 5.06 Å². The predicted molar refractivity (Wildman–Crippen MR) is 64.2 cm³/mol. The van der Waals surface area contributed by atoms with Gasteiger partial charge < -0.3 is 0 Å². The second-order valence-electron chi connectivity index (χ2n) is 3.83. The van der Waals surface area contributed by atoms with Crippen LogP contribution in [0.25, 0.3) is 0 Å². The number of para-hydroxylation sites is 1. The summed E-state index contributed by atoms with van der Waals surface area (Å²) >= 11 is 0. The van der Waals surface area contributed by atoms with Crippen molar-refractivity contribution < 1.29 is 5.21 Å². The van der Waals surface area contributed by atoms with E-state index in [9.17, 15) is 5.21 Å². The highest BCUT2D eigenvalue weighted by Gasteiger charge is 2.16. The largest absolute Gasteiger partial charge is 0.288 e. The number of hydrogen-bond acceptors (Lipinski definition) is 2. The third kappa shape index (κ3) is 3.10. The van der Waals surface area contributed by atoms with E-state index in [1.165, 1.54) is 5.06 Å². The van der Waals surface area contributed by atoms with Crippen LogP contribution in [0.5, 0.6) is 0 Å². The van der Waals surface area contributed by atoms with Crippen molar-refractivity contribution >= 4 is 5.69 Å². The molecule has 1 aromatic rings. The molecule has 2 nitrogen and oxygen atoms in total. The molecular formula is C13H19NO. The van der Waals surface area contributed by atoms with Crippen LogP contribution >= 0.6 is 0 Å². The molecule has 15 heavy (non-hydrogen) atoms. The predicted octanol–water partition coefficient (Wildman–Crippen LogP) is 3.63. The Morgan fingerprint density at radius 3 is 2.47 bits per heavy atom. The summed E-state index contributed by atoms with van der Waals surface area (Å²) in [6, 6.07) is 9.57. The van der Waals surface area contributed by atoms with Crippen molar-refractivity contribution in [2.45, 2.75) is 32.7 Å². The van der Waals surface area contributed by atoms with Crippen LogP contribution in [-0.2, 0) is 0 Å². The van der Waals surface area contributed by atoms with E-state index in [-0.39, 0.29) is 6.04 Å². The molecule has 1 unspecified atom stereocenters. The number of hydroxylamine groups is 1. The zero-order valence-electron chi connectivity index (χ0n) is 9.48. The normalized spacial score (nSPS) is 12.2. The molecule has 0 saturated heterocycles. The van der Waals surface area contributed by atoms with Gasteiger partial charge in [0.2, 0.25) is 0 Å². The van der Waals surface area contributed by atoms with E-state index in [1.54, 1.807) is 0 Å². The lowest BCUT2D eigenvalue weighted by molar-refractivity contribution is 0.223. The van der Waals surface area contributed by atoms with Crippen LogP contribution in [0.1, 0.15) is 26.7 Å². The van der Waals surface area contributed by atoms with Gasteiger partial charge >= 0.3 is 0 Å². The van der Waals surface area contributed by atoms with Crippen LogP contribution in [0.15, 0.2) is 42.5 Å². The van der Waals surface area contributed by atoms with E-state index < -0.39 is 0 Å². The molecule has 0 aliphatic heterocycles. The van der Waals surface area contributed by atoms with Gasteiger partial charge in [0.25, 0.3) is 0 Å². The summed E-state index contributed by atoms with van der Waals surface area (Å²) in [6.07, 6.45) is 1.95. The Bertz CT molecular complexity index is 308. The van der Waals surface area contributed by atoms with Crippen molar-refractivity contribution in [3.63, 3.8) is 0 Å². The number of nitrogens with zero attached hydrogens (tertiary/aromatic N) is 1. The minimum atomic E-state index is 0.0115. The fourth-order valence-corrected chi connectivity index (χ4v) is 1.61. The number of hydrogen-bond donors (Lipinski definition) is 1. The molecule has 1 atom stereocenters. The number of benzene rings is 1. The molecular weight excluding hydrogens is 186 g/mol. The van der Waals surface area contributed by atoms with Gasteiger partial charge in [-0.2, -0.15) is 0 Å². The molecule has 82 valence electrons. The summed E-state index contributed by atoms with van der Waals surface area (Å²) in [7, 11) is 0. The monoisotopic (exact) mass is 205 g/mol. The standard InChI is InChI=1S/C13H19NO/c1-4-8-13(11(2)3)14(15)12-9-6-5-7-10-12/h5-7,9-10,13,15H,2,4,8H2,1,3H3. The molecule has 0 fully saturated rings. The zero-order chi connectivity index (χ0) is 11.3. The van der Waals surface area contributed by atoms with E-state index >= 15 is 0 Å². The molecule has 0 aromatic heterocycles. The molecule has 0 radical (unpaired) electrons. The molecule has 0 spiro atoms. The lowest BCUT2D eigenvalue weighted by Crippen LogP contribution is -2.32. The van der Waals surface area contributed by atoms with E-state index in [0.29, 0.717) is 0 Å². The first-order valence-corrected chi connectivity index (χ1v) is 5.35. The average Bonchev–Trinajstić information content (AvgIpc) is 2.26. The number of rotatable bonds is 5. The third-order valence-electron chi connectivity index (χ3n) is 2.45. The Balaban J connectivity index is 2.81. The summed E-state index contributed by atoms with van der Waals surface area (Å²) in [6.45, 7) is 7.98. The average molecular weight is 205 g/mol. The minimum Gasteiger partial charge on any atom is -0.288 e. The lowest BCUT2D eigenvalue weighted by atomic mass is 10.0. The van der Waals surface area contributed by atoms with Crippen molar-refractivity contribution in [2.75, 3.05) is 5.06 Å². The molecule has 1 N–H and O–H groups in total. The zero-order valence-corrected chi connectivity index (χ0v) is 9.48. The highest BCUT2D eigenvalue weighted by atomic mass is 16.5. The van der Waals surface area contributed by atoms with E-state index in [1.807, 2.05) is 37.3 Å². The van der Waals surface area contributed by atoms with E-state index in [2.05, 4.69) is 13.5 Å². The molecule has 2 heteroatoms. The first-order chi connectivity index (χ1) is 7.16. The van der Waals surface area contributed by atoms with Crippen LogP contribution in [0.3, 0.4) is 0 Å². The molecule has 0 bridgehead atoms. The Morgan fingerprint density at radius 1 is 1.40 bits per heavy atom. The highest BCUT2D eigenvalue weighted by molar-refractivity contribution is 5.45. The van der Waals surface area contributed by atoms with Crippen LogP contribution in [-0.4, -0.2) is 11.2 Å². The summed E-state index contributed by atoms with van der Waals surface area (Å²) in [5.41, 5.74) is 1.81. The fourth-order valence-electron chi connectivity index (χ4n) is 1.61. The van der Waals surface area contributed by atoms with Crippen molar-refractivity contribution in [3.05, 3.63) is 42.5 Å². The van der Waals surface area contributed by atoms with Gasteiger partial charge in [-0.3, -0.25) is 5.21 Å². The molecule has 1 rings (SSSR count). The molecule has 0 aliphatic carbocycles. The molecule has 0 amide bonds. The SMILES string of the molecule is C=C(C)C(CCC)N(O)c1ccccc1. The van der Waals surface area contributed by atoms with Crippen LogP contribution in [0, 0.1) is 0 Å². The van der Waals surface area contributed by atoms with Crippen LogP contribution in [0.4, 0.5) is 5.69 Å². The quantitative estimate of drug-likeness (QED) is 0.586. The Kier molecular flexibility index (Phi) is 4.37. The first-order valence-electron chi connectivity index (χ1n) is 5.35. The van der Waals surface area contributed by atoms with Gasteiger partial charge in [-0.1, -0.05) is 43.7 Å². The topological polar surface area (TPSA) is 23.5 Å². The highest BCUT2D eigenvalue weighted by Crippen LogP contribution is 2.20. The molecule has 1 aromatic carbocycles. The first kappa shape index (κ1) is 11.8. The summed E-state index contributed by atoms with van der Waals surface area (Å²) in [4.78, 5) is 0. The molecule has 0 heterocycles. The van der Waals surface area contributed by atoms with Crippen LogP contribution < -0.4 is 5.06 Å². The van der Waals surface area contributed by atoms with Crippen molar-refractivity contribution in [1.29, 1.82) is 0 Å².